The standard InChI is InChI=1S/C23H30Cl2N6S.C15H14Cl2N6S.C13H20N4O2S.C9H17N.C7H6Cl2O/c1-22(2,3)11-23(4,5)28-19-18(12-7-6-8-15(24)16(12)25)27-20-31(19)29-21(32-20)30-9-13-14(10-30)17(13)26;16-9-3-1-2-6(10(9)17)12-13(19)23-14(20-12)24-15(21-23)22-4-7-8(5-22)11(7)18;1-13(2,3)19-10(18)4-7-8-5-17(6-9(7)8)12-16-15-11(14)20-12;1-8(2,3)6-9(4,5)7-10;1-10-6-4-2-3-5(8)7(6)9/h6-8,13-14,17,28H,9-11,26H2,1-5H3;1-3,7-8,11H,4-5,18-19H2;7-9H,4-6H2,1-3H3,(H2,14,15);6H2,1-5H3;2-4H,1H3/t13-,14+,17?;7-,8+,11?;7?,8-,9+;;. The first kappa shape index (κ1) is 73.4. The number of hydrogen-bond acceptors (Lipinski definition) is 21. The number of carbonyl (C=O) groups excluding carboxylic acids is 1. The molecule has 3 saturated heterocycles. The van der Waals surface area contributed by atoms with Crippen LogP contribution >= 0.6 is 104 Å². The van der Waals surface area contributed by atoms with E-state index in [0.29, 0.717) is 118 Å². The van der Waals surface area contributed by atoms with E-state index in [4.69, 9.17) is 117 Å². The Kier molecular flexibility index (Phi) is 21.7. The summed E-state index contributed by atoms with van der Waals surface area (Å²) in [5.41, 5.74) is 26.6. The van der Waals surface area contributed by atoms with Crippen molar-refractivity contribution in [1.82, 2.24) is 39.4 Å². The molecule has 0 amide bonds. The zero-order chi connectivity index (χ0) is 70.1. The average molecular weight is 1490 g/mol. The largest absolute Gasteiger partial charge is 0.495 e. The maximum atomic E-state index is 11.8. The van der Waals surface area contributed by atoms with Crippen LogP contribution in [0.4, 0.5) is 32.2 Å². The number of nitrogens with two attached hydrogens (primary N) is 4. The smallest absolute Gasteiger partial charge is 0.306 e. The molecule has 5 aromatic heterocycles. The molecule has 0 radical (unpaired) electrons. The lowest BCUT2D eigenvalue weighted by Gasteiger charge is -2.34. The normalized spacial score (nSPS) is 22.3. The number of nitrogens with zero attached hydrogens (tertiary/aromatic N) is 12. The van der Waals surface area contributed by atoms with E-state index in [0.717, 1.165) is 94.5 Å². The highest BCUT2D eigenvalue weighted by Gasteiger charge is 2.57. The van der Waals surface area contributed by atoms with Crippen LogP contribution in [-0.2, 0) is 9.53 Å². The molecule has 9 N–H and O–H groups in total. The number of benzene rings is 3. The summed E-state index contributed by atoms with van der Waals surface area (Å²) in [4.78, 5) is 29.8. The lowest BCUT2D eigenvalue weighted by atomic mass is 9.77. The fourth-order valence-corrected chi connectivity index (χ4v) is 17.4. The lowest BCUT2D eigenvalue weighted by molar-refractivity contribution is -0.155. The Labute approximate surface area is 604 Å². The third kappa shape index (κ3) is 17.3. The van der Waals surface area contributed by atoms with Gasteiger partial charge in [-0.25, -0.2) is 9.97 Å². The highest BCUT2D eigenvalue weighted by Crippen LogP contribution is 2.55. The van der Waals surface area contributed by atoms with Gasteiger partial charge in [-0.3, -0.25) is 4.79 Å². The number of halogens is 6. The maximum absolute atomic E-state index is 11.8. The predicted molar refractivity (Wildman–Crippen MR) is 397 cm³/mol. The Morgan fingerprint density at radius 3 is 1.49 bits per heavy atom. The number of fused-ring (bicyclic) bond motifs is 5. The molecule has 3 unspecified atom stereocenters. The van der Waals surface area contributed by atoms with Gasteiger partial charge in [0.05, 0.1) is 43.7 Å². The number of imidazole rings is 2. The van der Waals surface area contributed by atoms with Crippen LogP contribution in [0.1, 0.15) is 109 Å². The van der Waals surface area contributed by atoms with Crippen molar-refractivity contribution in [3.8, 4) is 34.3 Å². The molecule has 8 heterocycles. The SMILES string of the molecule is CC(C)(C)CC(C)(C)C#N.CC(C)(C)CC(C)(C)Nc1c(-c2cccc(Cl)c2Cl)nc2sc(N3C[C@@H]4C(N)[C@@H]4C3)nn12.CC(C)(C)OC(=O)CC1[C@H]2CN(c3nnc(N)s3)C[C@@H]12.COc1cccc(Cl)c1Cl.Nc1c(-c2cccc(Cl)c2Cl)nc2sc(N3C[C@@H]4C(N)[C@@H]4C3)nn12. The van der Waals surface area contributed by atoms with E-state index in [1.165, 1.54) is 22.7 Å². The number of nitrogens with one attached hydrogen (secondary N) is 1. The van der Waals surface area contributed by atoms with Crippen molar-refractivity contribution >= 4 is 152 Å². The van der Waals surface area contributed by atoms with Crippen LogP contribution in [0.15, 0.2) is 54.6 Å². The Bertz CT molecular complexity index is 4130. The fraction of sp³-hybridized carbons (Fsp3) is 0.552. The van der Waals surface area contributed by atoms with Gasteiger partial charge in [0.1, 0.15) is 27.8 Å². The molecule has 14 rings (SSSR count). The number of methoxy groups -OCH3 is 1. The van der Waals surface area contributed by atoms with E-state index in [2.05, 4.69) is 102 Å². The van der Waals surface area contributed by atoms with Crippen molar-refractivity contribution in [2.75, 3.05) is 77.9 Å². The average Bonchev–Trinajstić information content (AvgIpc) is 1.59. The molecule has 3 aliphatic heterocycles. The predicted octanol–water partition coefficient (Wildman–Crippen LogP) is 16.0. The quantitative estimate of drug-likeness (QED) is 0.0711. The van der Waals surface area contributed by atoms with Crippen LogP contribution in [0.3, 0.4) is 0 Å². The molecule has 8 aromatic rings. The second-order valence-corrected chi connectivity index (χ2v) is 35.7. The van der Waals surface area contributed by atoms with Crippen molar-refractivity contribution in [3.63, 3.8) is 0 Å². The van der Waals surface area contributed by atoms with E-state index in [-0.39, 0.29) is 27.8 Å². The van der Waals surface area contributed by atoms with E-state index >= 15 is 0 Å². The molecule has 3 aliphatic carbocycles. The van der Waals surface area contributed by atoms with Crippen LogP contribution < -0.4 is 47.7 Å². The molecular formula is C67H87Cl6N17O3S3. The number of hydrogen-bond donors (Lipinski definition) is 5. The first-order valence-electron chi connectivity index (χ1n) is 32.0. The van der Waals surface area contributed by atoms with Gasteiger partial charge in [0.15, 0.2) is 11.6 Å². The van der Waals surface area contributed by atoms with E-state index in [1.54, 1.807) is 53.3 Å². The molecular weight excluding hydrogens is 1400 g/mol. The van der Waals surface area contributed by atoms with Gasteiger partial charge in [-0.1, -0.05) is 175 Å². The molecule has 6 fully saturated rings. The van der Waals surface area contributed by atoms with Gasteiger partial charge in [0.2, 0.25) is 30.4 Å². The van der Waals surface area contributed by atoms with Gasteiger partial charge in [-0.2, -0.15) is 14.3 Å². The van der Waals surface area contributed by atoms with Crippen molar-refractivity contribution < 1.29 is 14.3 Å². The van der Waals surface area contributed by atoms with Crippen LogP contribution in [0, 0.1) is 69.0 Å². The number of anilines is 6. The molecule has 0 bridgehead atoms. The fourth-order valence-electron chi connectivity index (χ4n) is 13.8. The van der Waals surface area contributed by atoms with Crippen molar-refractivity contribution in [3.05, 3.63) is 84.7 Å². The van der Waals surface area contributed by atoms with Gasteiger partial charge >= 0.3 is 5.97 Å². The van der Waals surface area contributed by atoms with Crippen LogP contribution in [0.5, 0.6) is 5.75 Å². The molecule has 0 spiro atoms. The zero-order valence-corrected chi connectivity index (χ0v) is 63.6. The first-order chi connectivity index (χ1) is 44.8. The summed E-state index contributed by atoms with van der Waals surface area (Å²) >= 11 is 41.3. The summed E-state index contributed by atoms with van der Waals surface area (Å²) in [7, 11) is 1.55. The van der Waals surface area contributed by atoms with E-state index in [9.17, 15) is 4.79 Å². The molecule has 20 nitrogen and oxygen atoms in total. The van der Waals surface area contributed by atoms with Gasteiger partial charge in [0.25, 0.3) is 0 Å². The zero-order valence-electron chi connectivity index (χ0n) is 56.6. The number of nitrogen functional groups attached to an aromatic ring is 2. The molecule has 96 heavy (non-hydrogen) atoms. The summed E-state index contributed by atoms with van der Waals surface area (Å²) in [5.74, 6) is 5.94. The molecule has 29 heteroatoms. The number of ether oxygens (including phenoxy) is 2. The van der Waals surface area contributed by atoms with Crippen molar-refractivity contribution in [2.24, 2.45) is 69.1 Å². The van der Waals surface area contributed by atoms with E-state index < -0.39 is 5.60 Å². The lowest BCUT2D eigenvalue weighted by Crippen LogP contribution is -2.36. The summed E-state index contributed by atoms with van der Waals surface area (Å²) in [6, 6.07) is 19.4. The minimum absolute atomic E-state index is 0.0800. The number of piperidine rings is 3. The van der Waals surface area contributed by atoms with E-state index in [1.807, 2.05) is 63.4 Å². The summed E-state index contributed by atoms with van der Waals surface area (Å²) in [6.07, 6.45) is 2.47. The van der Waals surface area contributed by atoms with Crippen LogP contribution in [-0.4, -0.2) is 115 Å². The number of carbonyl (C=O) groups is 1. The Balaban J connectivity index is 0.000000140. The number of aromatic nitrogens is 8. The molecule has 3 saturated carbocycles. The molecule has 9 atom stereocenters. The monoisotopic (exact) mass is 1480 g/mol. The molecule has 6 aliphatic rings. The highest BCUT2D eigenvalue weighted by atomic mass is 35.5. The van der Waals surface area contributed by atoms with Crippen molar-refractivity contribution in [1.29, 1.82) is 5.26 Å². The van der Waals surface area contributed by atoms with Crippen molar-refractivity contribution in [2.45, 2.75) is 132 Å². The summed E-state index contributed by atoms with van der Waals surface area (Å²) in [5, 5.41) is 36.2. The molecule has 518 valence electrons. The summed E-state index contributed by atoms with van der Waals surface area (Å²) in [6.45, 7) is 33.1. The molecule has 3 aromatic carbocycles. The van der Waals surface area contributed by atoms with Gasteiger partial charge in [-0.15, -0.1) is 20.4 Å². The number of nitriles is 1. The second kappa shape index (κ2) is 28.3. The summed E-state index contributed by atoms with van der Waals surface area (Å²) < 4.78 is 13.9. The third-order valence-corrected chi connectivity index (χ3v) is 22.8. The van der Waals surface area contributed by atoms with Crippen LogP contribution in [0.25, 0.3) is 32.4 Å². The third-order valence-electron chi connectivity index (χ3n) is 17.6. The van der Waals surface area contributed by atoms with Gasteiger partial charge < -0.3 is 52.4 Å². The number of rotatable bonds is 12. The Hall–Kier alpha value is -5.36. The minimum atomic E-state index is -0.392. The minimum Gasteiger partial charge on any atom is -0.495 e. The van der Waals surface area contributed by atoms with Gasteiger partial charge in [-0.05, 0) is 138 Å². The van der Waals surface area contributed by atoms with Gasteiger partial charge in [0, 0.05) is 74.4 Å². The van der Waals surface area contributed by atoms with Crippen LogP contribution in [0.2, 0.25) is 30.1 Å². The highest BCUT2D eigenvalue weighted by molar-refractivity contribution is 7.20. The second-order valence-electron chi connectivity index (χ2n) is 30.5. The first-order valence-corrected chi connectivity index (χ1v) is 36.7. The topological polar surface area (TPSA) is 271 Å². The Morgan fingerprint density at radius 2 is 1.05 bits per heavy atom. The maximum Gasteiger partial charge on any atom is 0.306 e. The number of esters is 1. The Morgan fingerprint density at radius 1 is 0.604 bits per heavy atom.